The average Bonchev–Trinajstić information content (AvgIpc) is 3.27. The normalized spacial score (nSPS) is 15.9. The number of piperidine rings is 1. The van der Waals surface area contributed by atoms with Gasteiger partial charge in [-0.3, -0.25) is 9.69 Å². The van der Waals surface area contributed by atoms with Crippen LogP contribution in [0.4, 0.5) is 0 Å². The van der Waals surface area contributed by atoms with Crippen LogP contribution >= 0.6 is 11.6 Å². The molecule has 168 valence electrons. The van der Waals surface area contributed by atoms with Crippen molar-refractivity contribution in [3.05, 3.63) is 65.5 Å². The number of amides is 1. The molecular formula is C24H27ClN4O3. The Morgan fingerprint density at radius 1 is 1.22 bits per heavy atom. The lowest BCUT2D eigenvalue weighted by molar-refractivity contribution is -0.127. The van der Waals surface area contributed by atoms with E-state index < -0.39 is 0 Å². The van der Waals surface area contributed by atoms with Crippen molar-refractivity contribution in [2.75, 3.05) is 19.7 Å². The molecule has 0 radical (unpaired) electrons. The summed E-state index contributed by atoms with van der Waals surface area (Å²) in [6, 6.07) is 16.9. The maximum absolute atomic E-state index is 12.6. The van der Waals surface area contributed by atoms with Gasteiger partial charge in [0.1, 0.15) is 12.4 Å². The summed E-state index contributed by atoms with van der Waals surface area (Å²) in [7, 11) is 0. The van der Waals surface area contributed by atoms with Crippen molar-refractivity contribution in [3.63, 3.8) is 0 Å². The second-order valence-corrected chi connectivity index (χ2v) is 8.54. The van der Waals surface area contributed by atoms with Crippen LogP contribution in [-0.4, -0.2) is 46.7 Å². The van der Waals surface area contributed by atoms with Gasteiger partial charge >= 0.3 is 0 Å². The SMILES string of the molecule is CC(COc1ccccc1)NC(=O)C1CCN(Cc2nc(-c3cccc(Cl)c3)no2)CC1. The summed E-state index contributed by atoms with van der Waals surface area (Å²) in [6.07, 6.45) is 1.60. The fraction of sp³-hybridized carbons (Fsp3) is 0.375. The number of ether oxygens (including phenoxy) is 1. The molecule has 1 unspecified atom stereocenters. The summed E-state index contributed by atoms with van der Waals surface area (Å²) in [5.41, 5.74) is 0.827. The van der Waals surface area contributed by atoms with E-state index in [1.807, 2.05) is 61.5 Å². The molecule has 8 heteroatoms. The zero-order chi connectivity index (χ0) is 22.3. The molecule has 1 atom stereocenters. The predicted molar refractivity (Wildman–Crippen MR) is 122 cm³/mol. The minimum atomic E-state index is -0.0518. The Bertz CT molecular complexity index is 1020. The van der Waals surface area contributed by atoms with Crippen LogP contribution in [0.15, 0.2) is 59.1 Å². The highest BCUT2D eigenvalue weighted by Crippen LogP contribution is 2.22. The average molecular weight is 455 g/mol. The van der Waals surface area contributed by atoms with E-state index in [-0.39, 0.29) is 17.9 Å². The molecule has 2 aromatic carbocycles. The van der Waals surface area contributed by atoms with Gasteiger partial charge in [0.15, 0.2) is 0 Å². The predicted octanol–water partition coefficient (Wildman–Crippen LogP) is 4.19. The first-order valence-corrected chi connectivity index (χ1v) is 11.2. The summed E-state index contributed by atoms with van der Waals surface area (Å²) in [4.78, 5) is 19.4. The Morgan fingerprint density at radius 2 is 2.00 bits per heavy atom. The number of carbonyl (C=O) groups is 1. The maximum atomic E-state index is 12.6. The largest absolute Gasteiger partial charge is 0.491 e. The molecule has 4 rings (SSSR count). The van der Waals surface area contributed by atoms with E-state index in [4.69, 9.17) is 20.9 Å². The molecule has 0 bridgehead atoms. The van der Waals surface area contributed by atoms with E-state index in [1.165, 1.54) is 0 Å². The molecule has 0 spiro atoms. The van der Waals surface area contributed by atoms with Gasteiger partial charge in [-0.1, -0.05) is 47.1 Å². The van der Waals surface area contributed by atoms with Gasteiger partial charge in [-0.25, -0.2) is 0 Å². The minimum Gasteiger partial charge on any atom is -0.491 e. The number of benzene rings is 2. The van der Waals surface area contributed by atoms with Gasteiger partial charge in [0, 0.05) is 16.5 Å². The first kappa shape index (κ1) is 22.3. The maximum Gasteiger partial charge on any atom is 0.241 e. The van der Waals surface area contributed by atoms with Crippen LogP contribution in [0.25, 0.3) is 11.4 Å². The van der Waals surface area contributed by atoms with Gasteiger partial charge in [0.2, 0.25) is 17.6 Å². The van der Waals surface area contributed by atoms with Crippen LogP contribution in [0.5, 0.6) is 5.75 Å². The topological polar surface area (TPSA) is 80.5 Å². The molecule has 3 aromatic rings. The van der Waals surface area contributed by atoms with Gasteiger partial charge in [-0.15, -0.1) is 0 Å². The van der Waals surface area contributed by atoms with Crippen molar-refractivity contribution in [3.8, 4) is 17.1 Å². The van der Waals surface area contributed by atoms with Gasteiger partial charge in [-0.05, 0) is 57.1 Å². The Labute approximate surface area is 192 Å². The quantitative estimate of drug-likeness (QED) is 0.549. The Balaban J connectivity index is 1.20. The Hall–Kier alpha value is -2.90. The van der Waals surface area contributed by atoms with E-state index >= 15 is 0 Å². The lowest BCUT2D eigenvalue weighted by Gasteiger charge is -2.30. The van der Waals surface area contributed by atoms with Crippen LogP contribution in [-0.2, 0) is 11.3 Å². The van der Waals surface area contributed by atoms with E-state index in [2.05, 4.69) is 20.4 Å². The lowest BCUT2D eigenvalue weighted by Crippen LogP contribution is -2.44. The van der Waals surface area contributed by atoms with Crippen molar-refractivity contribution >= 4 is 17.5 Å². The molecule has 0 saturated carbocycles. The molecule has 1 aromatic heterocycles. The number of aromatic nitrogens is 2. The van der Waals surface area contributed by atoms with E-state index in [9.17, 15) is 4.79 Å². The lowest BCUT2D eigenvalue weighted by atomic mass is 9.95. The van der Waals surface area contributed by atoms with Gasteiger partial charge in [0.25, 0.3) is 0 Å². The highest BCUT2D eigenvalue weighted by Gasteiger charge is 2.26. The highest BCUT2D eigenvalue weighted by atomic mass is 35.5. The van der Waals surface area contributed by atoms with Crippen molar-refractivity contribution in [2.24, 2.45) is 5.92 Å². The number of hydrogen-bond donors (Lipinski definition) is 1. The molecular weight excluding hydrogens is 428 g/mol. The number of carbonyl (C=O) groups excluding carboxylic acids is 1. The first-order chi connectivity index (χ1) is 15.6. The number of para-hydroxylation sites is 1. The summed E-state index contributed by atoms with van der Waals surface area (Å²) in [6.45, 7) is 4.59. The van der Waals surface area contributed by atoms with Crippen LogP contribution in [0.1, 0.15) is 25.7 Å². The zero-order valence-corrected chi connectivity index (χ0v) is 18.8. The molecule has 1 amide bonds. The third-order valence-electron chi connectivity index (χ3n) is 5.50. The molecule has 1 aliphatic rings. The van der Waals surface area contributed by atoms with E-state index in [0.29, 0.717) is 29.9 Å². The number of halogens is 1. The molecule has 2 heterocycles. The van der Waals surface area contributed by atoms with E-state index in [0.717, 1.165) is 37.2 Å². The molecule has 1 aliphatic heterocycles. The summed E-state index contributed by atoms with van der Waals surface area (Å²) in [5.74, 6) is 2.00. The van der Waals surface area contributed by atoms with Gasteiger partial charge in [-0.2, -0.15) is 4.98 Å². The third-order valence-corrected chi connectivity index (χ3v) is 5.74. The van der Waals surface area contributed by atoms with Gasteiger partial charge in [0.05, 0.1) is 12.6 Å². The van der Waals surface area contributed by atoms with Crippen LogP contribution < -0.4 is 10.1 Å². The minimum absolute atomic E-state index is 0.00938. The first-order valence-electron chi connectivity index (χ1n) is 10.9. The monoisotopic (exact) mass is 454 g/mol. The zero-order valence-electron chi connectivity index (χ0n) is 18.0. The molecule has 1 N–H and O–H groups in total. The van der Waals surface area contributed by atoms with Crippen LogP contribution in [0.3, 0.4) is 0 Å². The fourth-order valence-corrected chi connectivity index (χ4v) is 3.94. The molecule has 32 heavy (non-hydrogen) atoms. The number of hydrogen-bond acceptors (Lipinski definition) is 6. The number of nitrogens with zero attached hydrogens (tertiary/aromatic N) is 3. The van der Waals surface area contributed by atoms with Crippen molar-refractivity contribution in [2.45, 2.75) is 32.4 Å². The van der Waals surface area contributed by atoms with Crippen molar-refractivity contribution in [1.29, 1.82) is 0 Å². The summed E-state index contributed by atoms with van der Waals surface area (Å²) < 4.78 is 11.1. The highest BCUT2D eigenvalue weighted by molar-refractivity contribution is 6.30. The fourth-order valence-electron chi connectivity index (χ4n) is 3.75. The standard InChI is InChI=1S/C24H27ClN4O3/c1-17(16-31-21-8-3-2-4-9-21)26-24(30)18-10-12-29(13-11-18)15-22-27-23(28-32-22)19-6-5-7-20(25)14-19/h2-9,14,17-18H,10-13,15-16H2,1H3,(H,26,30). The Morgan fingerprint density at radius 3 is 2.75 bits per heavy atom. The molecule has 7 nitrogen and oxygen atoms in total. The Kier molecular flexibility index (Phi) is 7.39. The third kappa shape index (κ3) is 6.08. The molecule has 0 aliphatic carbocycles. The number of rotatable bonds is 8. The number of likely N-dealkylation sites (tertiary alicyclic amines) is 1. The van der Waals surface area contributed by atoms with Crippen molar-refractivity contribution in [1.82, 2.24) is 20.4 Å². The number of nitrogens with one attached hydrogen (secondary N) is 1. The van der Waals surface area contributed by atoms with Crippen molar-refractivity contribution < 1.29 is 14.1 Å². The summed E-state index contributed by atoms with van der Waals surface area (Å²) >= 11 is 6.04. The second kappa shape index (κ2) is 10.6. The van der Waals surface area contributed by atoms with Gasteiger partial charge < -0.3 is 14.6 Å². The molecule has 1 fully saturated rings. The molecule has 1 saturated heterocycles. The van der Waals surface area contributed by atoms with Crippen LogP contribution in [0.2, 0.25) is 5.02 Å². The van der Waals surface area contributed by atoms with E-state index in [1.54, 1.807) is 0 Å². The summed E-state index contributed by atoms with van der Waals surface area (Å²) in [5, 5.41) is 7.77. The smallest absolute Gasteiger partial charge is 0.241 e. The second-order valence-electron chi connectivity index (χ2n) is 8.11. The van der Waals surface area contributed by atoms with Crippen LogP contribution in [0, 0.1) is 5.92 Å².